The van der Waals surface area contributed by atoms with Crippen molar-refractivity contribution in [1.29, 1.82) is 0 Å². The molecule has 8 heteroatoms. The lowest BCUT2D eigenvalue weighted by molar-refractivity contribution is -0.139. The number of carboxylic acids is 1. The number of aliphatic carboxylic acids is 1. The number of carbonyl (C=O) groups is 2. The molecule has 1 aromatic carbocycles. The van der Waals surface area contributed by atoms with Gasteiger partial charge in [-0.2, -0.15) is 0 Å². The fourth-order valence-electron chi connectivity index (χ4n) is 1.52. The molecule has 0 spiro atoms. The van der Waals surface area contributed by atoms with E-state index in [1.54, 1.807) is 0 Å². The summed E-state index contributed by atoms with van der Waals surface area (Å²) in [4.78, 5) is 23.1. The van der Waals surface area contributed by atoms with Crippen molar-refractivity contribution in [2.45, 2.75) is 18.9 Å². The minimum Gasteiger partial charge on any atom is -0.507 e. The molecule has 7 N–H and O–H groups in total. The Kier molecular flexibility index (Phi) is 5.27. The second kappa shape index (κ2) is 6.71. The van der Waals surface area contributed by atoms with Crippen LogP contribution in [0.3, 0.4) is 0 Å². The molecule has 1 amide bonds. The van der Waals surface area contributed by atoms with Crippen LogP contribution < -0.4 is 16.8 Å². The van der Waals surface area contributed by atoms with E-state index in [4.69, 9.17) is 16.6 Å². The highest BCUT2D eigenvalue weighted by atomic mass is 32.1. The van der Waals surface area contributed by atoms with E-state index in [1.165, 1.54) is 18.2 Å². The maximum atomic E-state index is 11.9. The summed E-state index contributed by atoms with van der Waals surface area (Å²) in [5.41, 5.74) is 11.0. The van der Waals surface area contributed by atoms with E-state index >= 15 is 0 Å². The van der Waals surface area contributed by atoms with E-state index < -0.39 is 17.9 Å². The first-order chi connectivity index (χ1) is 9.31. The Hall–Kier alpha value is -2.35. The molecule has 0 aromatic heterocycles. The van der Waals surface area contributed by atoms with Gasteiger partial charge in [-0.3, -0.25) is 4.79 Å². The molecule has 1 unspecified atom stereocenters. The average Bonchev–Trinajstić information content (AvgIpc) is 2.36. The van der Waals surface area contributed by atoms with Crippen molar-refractivity contribution in [1.82, 2.24) is 5.32 Å². The largest absolute Gasteiger partial charge is 0.507 e. The van der Waals surface area contributed by atoms with Crippen molar-refractivity contribution in [3.05, 3.63) is 23.8 Å². The molecule has 1 rings (SSSR count). The van der Waals surface area contributed by atoms with Crippen LogP contribution in [0.1, 0.15) is 23.2 Å². The highest BCUT2D eigenvalue weighted by molar-refractivity contribution is 7.80. The molecule has 1 atom stereocenters. The minimum absolute atomic E-state index is 0.0689. The summed E-state index contributed by atoms with van der Waals surface area (Å²) in [7, 11) is 0. The molecule has 0 aliphatic carbocycles. The van der Waals surface area contributed by atoms with Gasteiger partial charge in [-0.1, -0.05) is 12.2 Å². The Balaban J connectivity index is 2.82. The third kappa shape index (κ3) is 4.39. The number of carbonyl (C=O) groups excluding carboxylic acids is 1. The Labute approximate surface area is 120 Å². The highest BCUT2D eigenvalue weighted by Crippen LogP contribution is 2.19. The average molecular weight is 297 g/mol. The number of anilines is 1. The van der Waals surface area contributed by atoms with Gasteiger partial charge in [-0.25, -0.2) is 4.79 Å². The van der Waals surface area contributed by atoms with Gasteiger partial charge in [0.2, 0.25) is 0 Å². The zero-order valence-electron chi connectivity index (χ0n) is 10.5. The van der Waals surface area contributed by atoms with E-state index in [1.807, 2.05) is 0 Å². The van der Waals surface area contributed by atoms with Crippen LogP contribution in [0.5, 0.6) is 5.75 Å². The summed E-state index contributed by atoms with van der Waals surface area (Å²) in [6.45, 7) is 0. The zero-order valence-corrected chi connectivity index (χ0v) is 11.3. The number of nitrogens with two attached hydrogens (primary N) is 2. The predicted octanol–water partition coefficient (Wildman–Crippen LogP) is 0.224. The lowest BCUT2D eigenvalue weighted by atomic mass is 10.1. The molecular formula is C12H15N3O4S. The fraction of sp³-hybridized carbons (Fsp3) is 0.250. The van der Waals surface area contributed by atoms with E-state index in [9.17, 15) is 14.7 Å². The number of nitrogens with one attached hydrogen (secondary N) is 1. The van der Waals surface area contributed by atoms with Crippen molar-refractivity contribution < 1.29 is 19.8 Å². The number of benzene rings is 1. The van der Waals surface area contributed by atoms with Crippen molar-refractivity contribution in [2.75, 3.05) is 5.73 Å². The SMILES string of the molecule is NC(=S)CCC(NC(=O)c1cc(N)ccc1O)C(=O)O. The van der Waals surface area contributed by atoms with Crippen LogP contribution in [0.4, 0.5) is 5.69 Å². The number of phenols is 1. The van der Waals surface area contributed by atoms with Crippen molar-refractivity contribution in [3.8, 4) is 5.75 Å². The lowest BCUT2D eigenvalue weighted by Crippen LogP contribution is -2.41. The summed E-state index contributed by atoms with van der Waals surface area (Å²) in [6.07, 6.45) is 0.259. The van der Waals surface area contributed by atoms with Crippen LogP contribution in [0, 0.1) is 0 Å². The summed E-state index contributed by atoms with van der Waals surface area (Å²) < 4.78 is 0. The standard InChI is InChI=1S/C12H15N3O4S/c13-6-1-3-9(16)7(5-6)11(17)15-8(12(18)19)2-4-10(14)20/h1,3,5,8,16H,2,4,13H2,(H2,14,20)(H,15,17)(H,18,19). The van der Waals surface area contributed by atoms with Crippen LogP contribution in [0.25, 0.3) is 0 Å². The van der Waals surface area contributed by atoms with E-state index in [-0.39, 0.29) is 34.8 Å². The van der Waals surface area contributed by atoms with E-state index in [0.717, 1.165) is 0 Å². The van der Waals surface area contributed by atoms with Crippen LogP contribution in [-0.4, -0.2) is 33.1 Å². The first kappa shape index (κ1) is 15.7. The molecule has 7 nitrogen and oxygen atoms in total. The molecule has 0 saturated heterocycles. The smallest absolute Gasteiger partial charge is 0.326 e. The molecule has 0 fully saturated rings. The monoisotopic (exact) mass is 297 g/mol. The molecule has 0 bridgehead atoms. The molecule has 0 saturated carbocycles. The van der Waals surface area contributed by atoms with Gasteiger partial charge in [-0.05, 0) is 24.6 Å². The van der Waals surface area contributed by atoms with Gasteiger partial charge in [-0.15, -0.1) is 0 Å². The Bertz CT molecular complexity index is 548. The van der Waals surface area contributed by atoms with Crippen molar-refractivity contribution in [2.24, 2.45) is 5.73 Å². The molecule has 108 valence electrons. The van der Waals surface area contributed by atoms with Crippen LogP contribution >= 0.6 is 12.2 Å². The summed E-state index contributed by atoms with van der Waals surface area (Å²) >= 11 is 4.66. The number of thiocarbonyl (C=S) groups is 1. The number of hydrogen-bond acceptors (Lipinski definition) is 5. The third-order valence-corrected chi connectivity index (χ3v) is 2.75. The Morgan fingerprint density at radius 1 is 1.40 bits per heavy atom. The summed E-state index contributed by atoms with van der Waals surface area (Å²) in [5, 5.41) is 20.9. The first-order valence-electron chi connectivity index (χ1n) is 5.71. The molecular weight excluding hydrogens is 282 g/mol. The topological polar surface area (TPSA) is 139 Å². The van der Waals surface area contributed by atoms with Gasteiger partial charge >= 0.3 is 5.97 Å². The van der Waals surface area contributed by atoms with Gasteiger partial charge < -0.3 is 27.0 Å². The maximum Gasteiger partial charge on any atom is 0.326 e. The van der Waals surface area contributed by atoms with Crippen molar-refractivity contribution in [3.63, 3.8) is 0 Å². The number of carboxylic acid groups (broad SMARTS) is 1. The van der Waals surface area contributed by atoms with E-state index in [2.05, 4.69) is 17.5 Å². The molecule has 0 aliphatic heterocycles. The van der Waals surface area contributed by atoms with Gasteiger partial charge in [0.1, 0.15) is 11.8 Å². The molecule has 0 aliphatic rings. The van der Waals surface area contributed by atoms with Gasteiger partial charge in [0.15, 0.2) is 0 Å². The number of phenolic OH excluding ortho intramolecular Hbond substituents is 1. The maximum absolute atomic E-state index is 11.9. The van der Waals surface area contributed by atoms with Gasteiger partial charge in [0.25, 0.3) is 5.91 Å². The summed E-state index contributed by atoms with van der Waals surface area (Å²) in [5.74, 6) is -2.22. The van der Waals surface area contributed by atoms with Gasteiger partial charge in [0.05, 0.1) is 10.6 Å². The Morgan fingerprint density at radius 2 is 2.05 bits per heavy atom. The molecule has 20 heavy (non-hydrogen) atoms. The summed E-state index contributed by atoms with van der Waals surface area (Å²) in [6, 6.07) is 2.80. The second-order valence-electron chi connectivity index (χ2n) is 4.15. The predicted molar refractivity (Wildman–Crippen MR) is 77.4 cm³/mol. The first-order valence-corrected chi connectivity index (χ1v) is 6.12. The Morgan fingerprint density at radius 3 is 2.60 bits per heavy atom. The highest BCUT2D eigenvalue weighted by Gasteiger charge is 2.22. The van der Waals surface area contributed by atoms with Gasteiger partial charge in [0, 0.05) is 12.1 Å². The third-order valence-electron chi connectivity index (χ3n) is 2.55. The number of aromatic hydroxyl groups is 1. The lowest BCUT2D eigenvalue weighted by Gasteiger charge is -2.14. The van der Waals surface area contributed by atoms with Crippen LogP contribution in [0.15, 0.2) is 18.2 Å². The van der Waals surface area contributed by atoms with Crippen molar-refractivity contribution >= 4 is 34.8 Å². The minimum atomic E-state index is -1.21. The molecule has 1 aromatic rings. The number of nitrogen functional groups attached to an aromatic ring is 1. The van der Waals surface area contributed by atoms with E-state index in [0.29, 0.717) is 0 Å². The molecule has 0 heterocycles. The number of amides is 1. The second-order valence-corrected chi connectivity index (χ2v) is 4.67. The quantitative estimate of drug-likeness (QED) is 0.287. The fourth-order valence-corrected chi connectivity index (χ4v) is 1.63. The van der Waals surface area contributed by atoms with Crippen LogP contribution in [-0.2, 0) is 4.79 Å². The number of hydrogen-bond donors (Lipinski definition) is 5. The normalized spacial score (nSPS) is 11.6. The zero-order chi connectivity index (χ0) is 15.3. The number of rotatable bonds is 6. The van der Waals surface area contributed by atoms with Crippen LogP contribution in [0.2, 0.25) is 0 Å². The molecule has 0 radical (unpaired) electrons.